The first kappa shape index (κ1) is 22.2. The quantitative estimate of drug-likeness (QED) is 0.559. The fourth-order valence-electron chi connectivity index (χ4n) is 4.45. The molecule has 1 heterocycles. The van der Waals surface area contributed by atoms with E-state index in [2.05, 4.69) is 0 Å². The molecule has 3 aromatic rings. The van der Waals surface area contributed by atoms with Gasteiger partial charge < -0.3 is 4.74 Å². The maximum absolute atomic E-state index is 13.6. The van der Waals surface area contributed by atoms with Crippen LogP contribution in [0.25, 0.3) is 0 Å². The van der Waals surface area contributed by atoms with Crippen molar-refractivity contribution >= 4 is 15.8 Å². The van der Waals surface area contributed by atoms with E-state index in [0.717, 1.165) is 16.7 Å². The van der Waals surface area contributed by atoms with Crippen molar-refractivity contribution in [3.63, 3.8) is 0 Å². The van der Waals surface area contributed by atoms with Crippen LogP contribution in [0.5, 0.6) is 5.75 Å². The number of hydrogen-bond donors (Lipinski definition) is 0. The second kappa shape index (κ2) is 9.27. The van der Waals surface area contributed by atoms with Crippen molar-refractivity contribution < 1.29 is 17.9 Å². The molecule has 6 heteroatoms. The van der Waals surface area contributed by atoms with Crippen molar-refractivity contribution in [1.29, 1.82) is 0 Å². The lowest BCUT2D eigenvalue weighted by molar-refractivity contribution is -0.125. The first-order valence-electron chi connectivity index (χ1n) is 10.7. The minimum atomic E-state index is -3.82. The van der Waals surface area contributed by atoms with E-state index in [0.29, 0.717) is 5.75 Å². The molecule has 0 spiro atoms. The van der Waals surface area contributed by atoms with E-state index >= 15 is 0 Å². The summed E-state index contributed by atoms with van der Waals surface area (Å²) in [6, 6.07) is 24.7. The Morgan fingerprint density at radius 1 is 0.938 bits per heavy atom. The molecule has 0 amide bonds. The van der Waals surface area contributed by atoms with E-state index in [1.807, 2.05) is 67.6 Å². The summed E-state index contributed by atoms with van der Waals surface area (Å²) in [7, 11) is -2.35. The Hall–Kier alpha value is -2.96. The van der Waals surface area contributed by atoms with Crippen molar-refractivity contribution in [2.24, 2.45) is 5.92 Å². The number of sulfonamides is 1. The van der Waals surface area contributed by atoms with Crippen molar-refractivity contribution in [3.8, 4) is 5.75 Å². The molecule has 0 aliphatic carbocycles. The summed E-state index contributed by atoms with van der Waals surface area (Å²) < 4.78 is 33.9. The van der Waals surface area contributed by atoms with Gasteiger partial charge in [0.2, 0.25) is 10.0 Å². The molecule has 0 bridgehead atoms. The van der Waals surface area contributed by atoms with Crippen LogP contribution in [0.2, 0.25) is 0 Å². The second-order valence-corrected chi connectivity index (χ2v) is 10.0. The molecule has 0 radical (unpaired) electrons. The summed E-state index contributed by atoms with van der Waals surface area (Å²) in [4.78, 5) is 13.2. The van der Waals surface area contributed by atoms with Gasteiger partial charge >= 0.3 is 0 Å². The number of carbonyl (C=O) groups is 1. The standard InChI is InChI=1S/C26H27NO4S/c1-19-13-14-25(24(17-19)31-2)32(29,30)27-16-15-23(28)22(18-27)26(20-9-5-3-6-10-20)21-11-7-4-8-12-21/h3-14,17,22,26H,15-16,18H2,1-2H3. The highest BCUT2D eigenvalue weighted by Crippen LogP contribution is 2.38. The molecule has 4 rings (SSSR count). The molecule has 5 nitrogen and oxygen atoms in total. The van der Waals surface area contributed by atoms with Crippen LogP contribution in [0.4, 0.5) is 0 Å². The summed E-state index contributed by atoms with van der Waals surface area (Å²) in [6.07, 6.45) is 0.189. The van der Waals surface area contributed by atoms with Crippen molar-refractivity contribution in [2.45, 2.75) is 24.2 Å². The topological polar surface area (TPSA) is 63.7 Å². The van der Waals surface area contributed by atoms with E-state index in [1.165, 1.54) is 11.4 Å². The summed E-state index contributed by atoms with van der Waals surface area (Å²) in [5.41, 5.74) is 2.93. The molecular formula is C26H27NO4S. The van der Waals surface area contributed by atoms with E-state index < -0.39 is 15.9 Å². The number of methoxy groups -OCH3 is 1. The fraction of sp³-hybridized carbons (Fsp3) is 0.269. The third kappa shape index (κ3) is 4.33. The van der Waals surface area contributed by atoms with Crippen molar-refractivity contribution in [2.75, 3.05) is 20.2 Å². The number of hydrogen-bond acceptors (Lipinski definition) is 4. The Morgan fingerprint density at radius 3 is 2.09 bits per heavy atom. The maximum atomic E-state index is 13.6. The minimum absolute atomic E-state index is 0.0880. The third-order valence-electron chi connectivity index (χ3n) is 6.08. The molecule has 0 N–H and O–H groups in total. The molecule has 32 heavy (non-hydrogen) atoms. The summed E-state index contributed by atoms with van der Waals surface area (Å²) >= 11 is 0. The van der Waals surface area contributed by atoms with Crippen LogP contribution in [0.1, 0.15) is 29.0 Å². The van der Waals surface area contributed by atoms with E-state index in [4.69, 9.17) is 4.74 Å². The number of benzene rings is 3. The van der Waals surface area contributed by atoms with Gasteiger partial charge in [-0.2, -0.15) is 4.31 Å². The van der Waals surface area contributed by atoms with Gasteiger partial charge in [0.1, 0.15) is 16.4 Å². The summed E-state index contributed by atoms with van der Waals surface area (Å²) in [6.45, 7) is 2.19. The zero-order valence-electron chi connectivity index (χ0n) is 18.3. The number of aryl methyl sites for hydroxylation is 1. The van der Waals surface area contributed by atoms with Crippen LogP contribution in [-0.4, -0.2) is 38.7 Å². The van der Waals surface area contributed by atoms with Crippen LogP contribution in [0.3, 0.4) is 0 Å². The lowest BCUT2D eigenvalue weighted by atomic mass is 9.76. The van der Waals surface area contributed by atoms with Crippen molar-refractivity contribution in [1.82, 2.24) is 4.31 Å². The molecule has 1 fully saturated rings. The zero-order chi connectivity index (χ0) is 22.7. The van der Waals surface area contributed by atoms with Gasteiger partial charge in [0, 0.05) is 31.3 Å². The summed E-state index contributed by atoms with van der Waals surface area (Å²) in [5, 5.41) is 0. The smallest absolute Gasteiger partial charge is 0.246 e. The Balaban J connectivity index is 1.73. The maximum Gasteiger partial charge on any atom is 0.246 e. The highest BCUT2D eigenvalue weighted by molar-refractivity contribution is 7.89. The van der Waals surface area contributed by atoms with Crippen LogP contribution >= 0.6 is 0 Å². The largest absolute Gasteiger partial charge is 0.495 e. The van der Waals surface area contributed by atoms with Gasteiger partial charge in [-0.3, -0.25) is 4.79 Å². The number of nitrogens with zero attached hydrogens (tertiary/aromatic N) is 1. The van der Waals surface area contributed by atoms with Crippen LogP contribution < -0.4 is 4.74 Å². The summed E-state index contributed by atoms with van der Waals surface area (Å²) in [5.74, 6) is -0.284. The highest BCUT2D eigenvalue weighted by atomic mass is 32.2. The molecule has 0 saturated carbocycles. The minimum Gasteiger partial charge on any atom is -0.495 e. The first-order chi connectivity index (χ1) is 15.4. The van der Waals surface area contributed by atoms with Gasteiger partial charge in [-0.25, -0.2) is 8.42 Å². The Kier molecular flexibility index (Phi) is 6.44. The van der Waals surface area contributed by atoms with Gasteiger partial charge in [-0.05, 0) is 35.7 Å². The average molecular weight is 450 g/mol. The molecular weight excluding hydrogens is 422 g/mol. The van der Waals surface area contributed by atoms with E-state index in [1.54, 1.807) is 18.2 Å². The molecule has 1 unspecified atom stereocenters. The molecule has 0 aromatic heterocycles. The molecule has 1 aliphatic heterocycles. The molecule has 1 saturated heterocycles. The lowest BCUT2D eigenvalue weighted by Gasteiger charge is -2.36. The lowest BCUT2D eigenvalue weighted by Crippen LogP contribution is -2.46. The van der Waals surface area contributed by atoms with E-state index in [9.17, 15) is 13.2 Å². The first-order valence-corrected chi connectivity index (χ1v) is 12.1. The number of ketones is 1. The number of rotatable bonds is 6. The van der Waals surface area contributed by atoms with Gasteiger partial charge in [-0.1, -0.05) is 66.7 Å². The van der Waals surface area contributed by atoms with Gasteiger partial charge in [0.25, 0.3) is 0 Å². The number of piperidine rings is 1. The Bertz CT molecular complexity index is 1150. The van der Waals surface area contributed by atoms with Crippen molar-refractivity contribution in [3.05, 3.63) is 95.6 Å². The van der Waals surface area contributed by atoms with Gasteiger partial charge in [0.15, 0.2) is 0 Å². The molecule has 1 atom stereocenters. The van der Waals surface area contributed by atoms with Gasteiger partial charge in [-0.15, -0.1) is 0 Å². The normalized spacial score (nSPS) is 17.5. The molecule has 3 aromatic carbocycles. The SMILES string of the molecule is COc1cc(C)ccc1S(=O)(=O)N1CCC(=O)C(C(c2ccccc2)c2ccccc2)C1. The second-order valence-electron chi connectivity index (χ2n) is 8.14. The number of carbonyl (C=O) groups excluding carboxylic acids is 1. The van der Waals surface area contributed by atoms with Gasteiger partial charge in [0.05, 0.1) is 7.11 Å². The van der Waals surface area contributed by atoms with Crippen LogP contribution in [-0.2, 0) is 14.8 Å². The third-order valence-corrected chi connectivity index (χ3v) is 7.98. The zero-order valence-corrected chi connectivity index (χ0v) is 19.1. The van der Waals surface area contributed by atoms with E-state index in [-0.39, 0.29) is 36.1 Å². The predicted octanol–water partition coefficient (Wildman–Crippen LogP) is 4.42. The Labute approximate surface area is 189 Å². The highest BCUT2D eigenvalue weighted by Gasteiger charge is 2.40. The average Bonchev–Trinajstić information content (AvgIpc) is 2.81. The monoisotopic (exact) mass is 449 g/mol. The Morgan fingerprint density at radius 2 is 1.53 bits per heavy atom. The molecule has 166 valence electrons. The number of Topliss-reactive ketones (excluding diaryl/α,β-unsaturated/α-hetero) is 1. The predicted molar refractivity (Wildman–Crippen MR) is 124 cm³/mol. The number of ether oxygens (including phenoxy) is 1. The van der Waals surface area contributed by atoms with Crippen LogP contribution in [0.15, 0.2) is 83.8 Å². The fourth-order valence-corrected chi connectivity index (χ4v) is 6.05. The molecule has 1 aliphatic rings. The van der Waals surface area contributed by atoms with Crippen LogP contribution in [0, 0.1) is 12.8 Å².